The van der Waals surface area contributed by atoms with Gasteiger partial charge in [-0.2, -0.15) is 0 Å². The third-order valence-electron chi connectivity index (χ3n) is 1.41. The second-order valence-electron chi connectivity index (χ2n) is 2.93. The summed E-state index contributed by atoms with van der Waals surface area (Å²) in [5, 5.41) is 0. The van der Waals surface area contributed by atoms with E-state index in [2.05, 4.69) is 23.8 Å². The van der Waals surface area contributed by atoms with Gasteiger partial charge in [-0.15, -0.1) is 0 Å². The minimum absolute atomic E-state index is 0.894. The molecule has 0 spiro atoms. The maximum atomic E-state index is 4.10. The highest BCUT2D eigenvalue weighted by Gasteiger charge is 1.91. The standard InChI is InChI=1S/C7H7N3.C3H8.C2H6/c1-6-5-10-3-2-8-7(10)4-9-6;1-3-2;1-2/h2-5H,1H3;3H2,1-2H3;1-2H3. The number of imidazole rings is 1. The van der Waals surface area contributed by atoms with E-state index in [1.165, 1.54) is 6.42 Å². The molecule has 0 aromatic carbocycles. The van der Waals surface area contributed by atoms with E-state index < -0.39 is 0 Å². The van der Waals surface area contributed by atoms with E-state index in [4.69, 9.17) is 0 Å². The highest BCUT2D eigenvalue weighted by Crippen LogP contribution is 1.98. The summed E-state index contributed by atoms with van der Waals surface area (Å²) in [5.41, 5.74) is 1.90. The van der Waals surface area contributed by atoms with Gasteiger partial charge in [-0.3, -0.25) is 4.98 Å². The van der Waals surface area contributed by atoms with Gasteiger partial charge in [-0.1, -0.05) is 34.1 Å². The Morgan fingerprint density at radius 1 is 1.20 bits per heavy atom. The highest BCUT2D eigenvalue weighted by atomic mass is 15.0. The highest BCUT2D eigenvalue weighted by molar-refractivity contribution is 5.34. The lowest BCUT2D eigenvalue weighted by molar-refractivity contribution is 1.07. The summed E-state index contributed by atoms with van der Waals surface area (Å²) in [5.74, 6) is 0. The van der Waals surface area contributed by atoms with Crippen molar-refractivity contribution in [1.29, 1.82) is 0 Å². The van der Waals surface area contributed by atoms with E-state index in [-0.39, 0.29) is 0 Å². The predicted molar refractivity (Wildman–Crippen MR) is 65.0 cm³/mol. The Morgan fingerprint density at radius 2 is 1.80 bits per heavy atom. The Hall–Kier alpha value is -1.38. The zero-order chi connectivity index (χ0) is 11.7. The molecule has 0 aliphatic rings. The molecule has 0 atom stereocenters. The van der Waals surface area contributed by atoms with Crippen LogP contribution >= 0.6 is 0 Å². The molecule has 2 heterocycles. The van der Waals surface area contributed by atoms with Crippen molar-refractivity contribution in [1.82, 2.24) is 14.4 Å². The second kappa shape index (κ2) is 7.97. The maximum Gasteiger partial charge on any atom is 0.155 e. The molecule has 0 N–H and O–H groups in total. The molecule has 0 aliphatic heterocycles. The maximum absolute atomic E-state index is 4.10. The van der Waals surface area contributed by atoms with E-state index in [1.54, 1.807) is 12.4 Å². The first kappa shape index (κ1) is 13.6. The minimum Gasteiger partial charge on any atom is -0.304 e. The van der Waals surface area contributed by atoms with Crippen LogP contribution in [0.2, 0.25) is 0 Å². The Kier molecular flexibility index (Phi) is 7.24. The van der Waals surface area contributed by atoms with Gasteiger partial charge in [0.05, 0.1) is 11.9 Å². The summed E-state index contributed by atoms with van der Waals surface area (Å²) in [6.45, 7) is 10.2. The number of nitrogens with zero attached hydrogens (tertiary/aromatic N) is 3. The first-order valence-corrected chi connectivity index (χ1v) is 5.53. The van der Waals surface area contributed by atoms with Crippen LogP contribution in [-0.2, 0) is 0 Å². The fourth-order valence-corrected chi connectivity index (χ4v) is 0.928. The number of aromatic nitrogens is 3. The van der Waals surface area contributed by atoms with Crippen molar-refractivity contribution >= 4 is 5.65 Å². The van der Waals surface area contributed by atoms with Gasteiger partial charge in [0, 0.05) is 18.6 Å². The number of aryl methyl sites for hydroxylation is 1. The van der Waals surface area contributed by atoms with Crippen molar-refractivity contribution in [3.8, 4) is 0 Å². The minimum atomic E-state index is 0.894. The van der Waals surface area contributed by atoms with E-state index in [0.717, 1.165) is 11.3 Å². The molecule has 0 radical (unpaired) electrons. The van der Waals surface area contributed by atoms with Crippen molar-refractivity contribution in [2.45, 2.75) is 41.0 Å². The summed E-state index contributed by atoms with van der Waals surface area (Å²) in [7, 11) is 0. The van der Waals surface area contributed by atoms with E-state index >= 15 is 0 Å². The van der Waals surface area contributed by atoms with Crippen LogP contribution in [0.15, 0.2) is 24.8 Å². The Morgan fingerprint density at radius 3 is 2.40 bits per heavy atom. The third-order valence-corrected chi connectivity index (χ3v) is 1.41. The second-order valence-corrected chi connectivity index (χ2v) is 2.93. The first-order valence-electron chi connectivity index (χ1n) is 5.53. The van der Waals surface area contributed by atoms with Crippen LogP contribution in [0.3, 0.4) is 0 Å². The molecule has 0 bridgehead atoms. The molecule has 15 heavy (non-hydrogen) atoms. The quantitative estimate of drug-likeness (QED) is 0.662. The zero-order valence-corrected chi connectivity index (χ0v) is 10.4. The fourth-order valence-electron chi connectivity index (χ4n) is 0.928. The fraction of sp³-hybridized carbons (Fsp3) is 0.500. The lowest BCUT2D eigenvalue weighted by Gasteiger charge is -1.92. The molecule has 2 aromatic heterocycles. The van der Waals surface area contributed by atoms with Crippen LogP contribution in [0, 0.1) is 6.92 Å². The van der Waals surface area contributed by atoms with E-state index in [0.29, 0.717) is 0 Å². The number of rotatable bonds is 0. The monoisotopic (exact) mass is 207 g/mol. The van der Waals surface area contributed by atoms with Crippen LogP contribution in [0.5, 0.6) is 0 Å². The zero-order valence-electron chi connectivity index (χ0n) is 10.4. The summed E-state index contributed by atoms with van der Waals surface area (Å²) in [6.07, 6.45) is 8.62. The summed E-state index contributed by atoms with van der Waals surface area (Å²) in [6, 6.07) is 0. The van der Waals surface area contributed by atoms with Gasteiger partial charge in [0.25, 0.3) is 0 Å². The van der Waals surface area contributed by atoms with Gasteiger partial charge in [0.2, 0.25) is 0 Å². The molecule has 0 fully saturated rings. The predicted octanol–water partition coefficient (Wildman–Crippen LogP) is 3.48. The van der Waals surface area contributed by atoms with Gasteiger partial charge in [-0.25, -0.2) is 4.98 Å². The van der Waals surface area contributed by atoms with Crippen molar-refractivity contribution < 1.29 is 0 Å². The molecule has 0 unspecified atom stereocenters. The number of hydrogen-bond acceptors (Lipinski definition) is 2. The average Bonchev–Trinajstić information content (AvgIpc) is 2.69. The SMILES string of the molecule is CC.CCC.Cc1cn2ccnc2cn1. The average molecular weight is 207 g/mol. The molecule has 3 nitrogen and oxygen atoms in total. The summed E-state index contributed by atoms with van der Waals surface area (Å²) in [4.78, 5) is 8.16. The van der Waals surface area contributed by atoms with Crippen molar-refractivity contribution in [3.05, 3.63) is 30.5 Å². The van der Waals surface area contributed by atoms with Crippen LogP contribution < -0.4 is 0 Å². The van der Waals surface area contributed by atoms with E-state index in [1.807, 2.05) is 37.6 Å². The molecule has 3 heteroatoms. The topological polar surface area (TPSA) is 30.2 Å². The molecule has 84 valence electrons. The Balaban J connectivity index is 0.000000342. The summed E-state index contributed by atoms with van der Waals surface area (Å²) >= 11 is 0. The lowest BCUT2D eigenvalue weighted by Crippen LogP contribution is -1.87. The van der Waals surface area contributed by atoms with Crippen molar-refractivity contribution in [3.63, 3.8) is 0 Å². The summed E-state index contributed by atoms with van der Waals surface area (Å²) < 4.78 is 1.95. The lowest BCUT2D eigenvalue weighted by atomic mass is 10.5. The van der Waals surface area contributed by atoms with Crippen LogP contribution in [0.4, 0.5) is 0 Å². The van der Waals surface area contributed by atoms with Crippen LogP contribution in [0.25, 0.3) is 5.65 Å². The van der Waals surface area contributed by atoms with Gasteiger partial charge in [0.15, 0.2) is 5.65 Å². The van der Waals surface area contributed by atoms with Crippen molar-refractivity contribution in [2.24, 2.45) is 0 Å². The first-order chi connectivity index (χ1) is 7.27. The molecule has 0 amide bonds. The van der Waals surface area contributed by atoms with Gasteiger partial charge in [-0.05, 0) is 6.92 Å². The third kappa shape index (κ3) is 4.58. The van der Waals surface area contributed by atoms with Gasteiger partial charge < -0.3 is 4.40 Å². The van der Waals surface area contributed by atoms with Gasteiger partial charge in [0.1, 0.15) is 0 Å². The number of fused-ring (bicyclic) bond motifs is 1. The molecule has 0 saturated heterocycles. The molecule has 0 saturated carbocycles. The molecule has 0 aliphatic carbocycles. The van der Waals surface area contributed by atoms with Gasteiger partial charge >= 0.3 is 0 Å². The van der Waals surface area contributed by atoms with Crippen LogP contribution in [0.1, 0.15) is 39.8 Å². The van der Waals surface area contributed by atoms with Crippen LogP contribution in [-0.4, -0.2) is 14.4 Å². The Labute approximate surface area is 92.2 Å². The smallest absolute Gasteiger partial charge is 0.155 e. The largest absolute Gasteiger partial charge is 0.304 e. The molecule has 2 rings (SSSR count). The van der Waals surface area contributed by atoms with E-state index in [9.17, 15) is 0 Å². The Bertz CT molecular complexity index is 366. The molecular weight excluding hydrogens is 186 g/mol. The molecular formula is C12H21N3. The van der Waals surface area contributed by atoms with Crippen molar-refractivity contribution in [2.75, 3.05) is 0 Å². The normalized spacial score (nSPS) is 8.60. The number of hydrogen-bond donors (Lipinski definition) is 0. The molecule has 2 aromatic rings.